The second-order valence-electron chi connectivity index (χ2n) is 14.5. The molecular formula is C46H48N4O5. The number of nitrogens with one attached hydrogen (secondary N) is 2. The van der Waals surface area contributed by atoms with E-state index in [1.54, 1.807) is 24.3 Å². The predicted octanol–water partition coefficient (Wildman–Crippen LogP) is 10.3. The number of aromatic carboxylic acids is 1. The van der Waals surface area contributed by atoms with Crippen molar-refractivity contribution in [1.82, 2.24) is 19.9 Å². The number of aldehydes is 1. The number of nitrogens with zero attached hydrogens (tertiary/aromatic N) is 2. The fourth-order valence-electron chi connectivity index (χ4n) is 7.76. The summed E-state index contributed by atoms with van der Waals surface area (Å²) in [5.41, 5.74) is 11.0. The molecule has 9 nitrogen and oxygen atoms in total. The summed E-state index contributed by atoms with van der Waals surface area (Å²) in [5, 5.41) is 33.4. The van der Waals surface area contributed by atoms with Crippen molar-refractivity contribution in [2.45, 2.75) is 90.3 Å². The molecule has 3 aromatic heterocycles. The van der Waals surface area contributed by atoms with Gasteiger partial charge in [0.05, 0.1) is 28.3 Å². The third-order valence-electron chi connectivity index (χ3n) is 10.7. The van der Waals surface area contributed by atoms with E-state index in [0.717, 1.165) is 114 Å². The molecule has 9 heteroatoms. The fraction of sp³-hybridized carbons (Fsp3) is 0.304. The van der Waals surface area contributed by atoms with Crippen LogP contribution in [0.4, 0.5) is 0 Å². The van der Waals surface area contributed by atoms with E-state index in [1.165, 1.54) is 12.1 Å². The normalized spacial score (nSPS) is 15.1. The lowest BCUT2D eigenvalue weighted by Crippen LogP contribution is -2.06. The molecule has 2 aliphatic rings. The van der Waals surface area contributed by atoms with Crippen LogP contribution in [0.2, 0.25) is 0 Å². The fourth-order valence-corrected chi connectivity index (χ4v) is 7.76. The zero-order valence-corrected chi connectivity index (χ0v) is 31.4. The first kappa shape index (κ1) is 37.7. The molecule has 8 bridgehead atoms. The Bertz CT molecular complexity index is 2390. The van der Waals surface area contributed by atoms with Crippen LogP contribution >= 0.6 is 0 Å². The van der Waals surface area contributed by atoms with Crippen LogP contribution in [0.15, 0.2) is 72.8 Å². The number of hydrogen-bond acceptors (Lipinski definition) is 6. The zero-order valence-electron chi connectivity index (χ0n) is 31.4. The summed E-state index contributed by atoms with van der Waals surface area (Å²) in [6, 6.07) is 21.9. The number of carbonyl (C=O) groups is 2. The topological polar surface area (TPSA) is 152 Å². The molecule has 0 fully saturated rings. The highest BCUT2D eigenvalue weighted by molar-refractivity contribution is 5.94. The number of unbranched alkanes of at least 4 members (excludes halogenated alkanes) is 6. The van der Waals surface area contributed by atoms with E-state index in [1.807, 2.05) is 30.3 Å². The molecule has 0 saturated carbocycles. The summed E-state index contributed by atoms with van der Waals surface area (Å²) < 4.78 is 0. The Morgan fingerprint density at radius 3 is 1.78 bits per heavy atom. The Kier molecular flexibility index (Phi) is 11.5. The maximum atomic E-state index is 11.9. The molecular weight excluding hydrogens is 689 g/mol. The first-order chi connectivity index (χ1) is 26.8. The number of hydrogen-bond donors (Lipinski definition) is 5. The van der Waals surface area contributed by atoms with Gasteiger partial charge in [0.15, 0.2) is 0 Å². The maximum Gasteiger partial charge on any atom is 0.335 e. The van der Waals surface area contributed by atoms with E-state index in [0.29, 0.717) is 34.3 Å². The summed E-state index contributed by atoms with van der Waals surface area (Å²) >= 11 is 0. The molecule has 2 unspecified atom stereocenters. The molecule has 55 heavy (non-hydrogen) atoms. The van der Waals surface area contributed by atoms with Gasteiger partial charge in [0, 0.05) is 44.3 Å². The molecule has 282 valence electrons. The van der Waals surface area contributed by atoms with Crippen LogP contribution in [-0.2, 0) is 12.8 Å². The molecule has 0 aliphatic carbocycles. The van der Waals surface area contributed by atoms with Gasteiger partial charge >= 0.3 is 5.97 Å². The van der Waals surface area contributed by atoms with Gasteiger partial charge in [-0.2, -0.15) is 0 Å². The van der Waals surface area contributed by atoms with Gasteiger partial charge in [-0.25, -0.2) is 9.78 Å². The molecule has 0 amide bonds. The molecule has 0 radical (unpaired) electrons. The van der Waals surface area contributed by atoms with Gasteiger partial charge in [0.25, 0.3) is 0 Å². The van der Waals surface area contributed by atoms with Crippen molar-refractivity contribution >= 4 is 46.5 Å². The number of aryl methyl sites for hydroxylation is 2. The lowest BCUT2D eigenvalue weighted by Gasteiger charge is -2.13. The van der Waals surface area contributed by atoms with Crippen LogP contribution in [-0.4, -0.2) is 47.5 Å². The first-order valence-corrected chi connectivity index (χ1v) is 19.5. The monoisotopic (exact) mass is 736 g/mol. The summed E-state index contributed by atoms with van der Waals surface area (Å²) in [6.07, 6.45) is 12.3. The average Bonchev–Trinajstić information content (AvgIpc) is 4.03. The number of carbonyl (C=O) groups excluding carboxylic acids is 1. The van der Waals surface area contributed by atoms with Gasteiger partial charge in [-0.3, -0.25) is 9.78 Å². The number of fused-ring (bicyclic) bond motifs is 8. The number of carboxylic acids is 1. The Hall–Kier alpha value is -5.64. The summed E-state index contributed by atoms with van der Waals surface area (Å²) in [6.45, 7) is 4.39. The number of rotatable bonds is 14. The largest absolute Gasteiger partial charge is 0.478 e. The van der Waals surface area contributed by atoms with E-state index >= 15 is 0 Å². The highest BCUT2D eigenvalue weighted by atomic mass is 16.4. The molecule has 0 saturated heterocycles. The molecule has 2 atom stereocenters. The Labute approximate surface area is 320 Å². The quantitative estimate of drug-likeness (QED) is 0.0551. The Balaban J connectivity index is 1.60. The van der Waals surface area contributed by atoms with Gasteiger partial charge in [0.1, 0.15) is 18.5 Å². The third-order valence-corrected chi connectivity index (χ3v) is 10.7. The van der Waals surface area contributed by atoms with Crippen molar-refractivity contribution in [3.8, 4) is 22.3 Å². The molecule has 5 heterocycles. The van der Waals surface area contributed by atoms with Crippen molar-refractivity contribution in [2.24, 2.45) is 0 Å². The second-order valence-corrected chi connectivity index (χ2v) is 14.5. The molecule has 5 N–H and O–H groups in total. The number of H-pyrrole nitrogens is 2. The van der Waals surface area contributed by atoms with E-state index in [4.69, 9.17) is 9.97 Å². The van der Waals surface area contributed by atoms with Crippen LogP contribution in [0.25, 0.3) is 56.5 Å². The maximum absolute atomic E-state index is 11.9. The van der Waals surface area contributed by atoms with Crippen molar-refractivity contribution in [2.75, 3.05) is 0 Å². The minimum absolute atomic E-state index is 0.130. The summed E-state index contributed by atoms with van der Waals surface area (Å²) in [7, 11) is 0. The number of aliphatic hydroxyl groups is 2. The standard InChI is InChI=1S/C46H48N4O5/c1-3-5-7-9-11-32-34-21-22-36(47-34)33(12-10-8-6-4-2)42-44(52)45(53)43(50-42)41(30-17-19-31(20-18-30)46(54)55)39-26-25-38(49-39)40(37-24-23-35(32)48-37)29-15-13-28(27-51)14-16-29/h13-27,44-45,47,49,52-53H,3-12H2,1-2H3,(H,54,55). The lowest BCUT2D eigenvalue weighted by molar-refractivity contribution is 0.0252. The number of carboxylic acid groups (broad SMARTS) is 1. The van der Waals surface area contributed by atoms with E-state index < -0.39 is 18.2 Å². The van der Waals surface area contributed by atoms with Crippen molar-refractivity contribution in [3.63, 3.8) is 0 Å². The number of benzene rings is 2. The SMILES string of the molecule is CCCCCCc1c2nc(c(-c3ccc(C=O)cc3)c3ccc([nH]3)c(-c3ccc(C(=O)O)cc3)c3nc(c(CCCCCC)c4ccc1[nH]4)C(O)C3O)C=C2. The highest BCUT2D eigenvalue weighted by Crippen LogP contribution is 2.42. The van der Waals surface area contributed by atoms with E-state index in [-0.39, 0.29) is 11.3 Å². The van der Waals surface area contributed by atoms with Gasteiger partial charge < -0.3 is 25.3 Å². The Morgan fingerprint density at radius 2 is 1.15 bits per heavy atom. The smallest absolute Gasteiger partial charge is 0.335 e. The van der Waals surface area contributed by atoms with Gasteiger partial charge in [0.2, 0.25) is 0 Å². The molecule has 2 aliphatic heterocycles. The van der Waals surface area contributed by atoms with Crippen LogP contribution in [0.5, 0.6) is 0 Å². The molecule has 2 aromatic carbocycles. The minimum Gasteiger partial charge on any atom is -0.478 e. The van der Waals surface area contributed by atoms with Crippen LogP contribution in [0.3, 0.4) is 0 Å². The number of aliphatic hydroxyl groups excluding tert-OH is 2. The second kappa shape index (κ2) is 16.8. The van der Waals surface area contributed by atoms with Crippen LogP contribution in [0, 0.1) is 0 Å². The van der Waals surface area contributed by atoms with Crippen molar-refractivity contribution in [1.29, 1.82) is 0 Å². The minimum atomic E-state index is -1.34. The zero-order chi connectivity index (χ0) is 38.5. The van der Waals surface area contributed by atoms with Crippen molar-refractivity contribution in [3.05, 3.63) is 118 Å². The van der Waals surface area contributed by atoms with Gasteiger partial charge in [-0.1, -0.05) is 88.8 Å². The Morgan fingerprint density at radius 1 is 0.618 bits per heavy atom. The van der Waals surface area contributed by atoms with E-state index in [9.17, 15) is 24.9 Å². The first-order valence-electron chi connectivity index (χ1n) is 19.5. The summed E-state index contributed by atoms with van der Waals surface area (Å²) in [5.74, 6) is -1.05. The van der Waals surface area contributed by atoms with Gasteiger partial charge in [-0.05, 0) is 90.9 Å². The molecule has 0 spiro atoms. The van der Waals surface area contributed by atoms with Crippen molar-refractivity contribution < 1.29 is 24.9 Å². The molecule has 7 rings (SSSR count). The van der Waals surface area contributed by atoms with Crippen LogP contribution in [0.1, 0.15) is 132 Å². The van der Waals surface area contributed by atoms with Gasteiger partial charge in [-0.15, -0.1) is 0 Å². The molecule has 5 aromatic rings. The highest BCUT2D eigenvalue weighted by Gasteiger charge is 2.34. The lowest BCUT2D eigenvalue weighted by atomic mass is 9.97. The van der Waals surface area contributed by atoms with Crippen LogP contribution < -0.4 is 0 Å². The third kappa shape index (κ3) is 7.81. The predicted molar refractivity (Wildman–Crippen MR) is 219 cm³/mol. The number of aromatic nitrogens is 4. The average molecular weight is 737 g/mol. The van der Waals surface area contributed by atoms with E-state index in [2.05, 4.69) is 42.0 Å². The number of aromatic amines is 2. The summed E-state index contributed by atoms with van der Waals surface area (Å²) in [4.78, 5) is 41.1.